The standard InChI is InChI=1S/C6H6ClNO3/c1-2-3-4(5(9)10)11-6(7)8-3/h2H2,1H3,(H,9,10). The first kappa shape index (κ1) is 8.07. The quantitative estimate of drug-likeness (QED) is 0.742. The Hall–Kier alpha value is -1.03. The van der Waals surface area contributed by atoms with E-state index in [-0.39, 0.29) is 11.1 Å². The van der Waals surface area contributed by atoms with E-state index in [2.05, 4.69) is 9.40 Å². The molecule has 0 aliphatic carbocycles. The maximum absolute atomic E-state index is 10.4. The number of carboxylic acids is 1. The number of nitrogens with zero attached hydrogens (tertiary/aromatic N) is 1. The van der Waals surface area contributed by atoms with E-state index in [4.69, 9.17) is 16.7 Å². The van der Waals surface area contributed by atoms with E-state index < -0.39 is 5.97 Å². The molecule has 1 aromatic rings. The van der Waals surface area contributed by atoms with Crippen molar-refractivity contribution >= 4 is 17.6 Å². The van der Waals surface area contributed by atoms with Gasteiger partial charge in [-0.15, -0.1) is 0 Å². The average molecular weight is 176 g/mol. The minimum atomic E-state index is -1.14. The number of hydrogen-bond acceptors (Lipinski definition) is 3. The molecule has 0 saturated heterocycles. The molecule has 1 N–H and O–H groups in total. The number of rotatable bonds is 2. The van der Waals surface area contributed by atoms with Crippen LogP contribution in [0.1, 0.15) is 23.2 Å². The van der Waals surface area contributed by atoms with Gasteiger partial charge in [0.25, 0.3) is 5.35 Å². The molecule has 4 nitrogen and oxygen atoms in total. The largest absolute Gasteiger partial charge is 0.475 e. The smallest absolute Gasteiger partial charge is 0.373 e. The van der Waals surface area contributed by atoms with Crippen molar-refractivity contribution in [2.24, 2.45) is 0 Å². The van der Waals surface area contributed by atoms with Crippen LogP contribution in [0.15, 0.2) is 4.42 Å². The normalized spacial score (nSPS) is 10.0. The maximum atomic E-state index is 10.4. The summed E-state index contributed by atoms with van der Waals surface area (Å²) in [5.74, 6) is -1.31. The predicted molar refractivity (Wildman–Crippen MR) is 37.9 cm³/mol. The van der Waals surface area contributed by atoms with Crippen molar-refractivity contribution in [3.8, 4) is 0 Å². The summed E-state index contributed by atoms with van der Waals surface area (Å²) in [4.78, 5) is 14.1. The van der Waals surface area contributed by atoms with Gasteiger partial charge in [0.2, 0.25) is 5.76 Å². The lowest BCUT2D eigenvalue weighted by Crippen LogP contribution is -1.98. The summed E-state index contributed by atoms with van der Waals surface area (Å²) < 4.78 is 4.62. The molecule has 11 heavy (non-hydrogen) atoms. The molecule has 0 aliphatic heterocycles. The Kier molecular flexibility index (Phi) is 2.14. The van der Waals surface area contributed by atoms with Gasteiger partial charge < -0.3 is 9.52 Å². The van der Waals surface area contributed by atoms with Gasteiger partial charge in [-0.05, 0) is 18.0 Å². The van der Waals surface area contributed by atoms with Crippen molar-refractivity contribution in [2.45, 2.75) is 13.3 Å². The number of halogens is 1. The van der Waals surface area contributed by atoms with Gasteiger partial charge in [-0.3, -0.25) is 0 Å². The molecule has 0 spiro atoms. The minimum absolute atomic E-state index is 0.126. The summed E-state index contributed by atoms with van der Waals surface area (Å²) in [6, 6.07) is 0. The van der Waals surface area contributed by atoms with E-state index in [1.54, 1.807) is 6.92 Å². The zero-order chi connectivity index (χ0) is 8.43. The van der Waals surface area contributed by atoms with E-state index in [0.29, 0.717) is 12.1 Å². The number of carboxylic acid groups (broad SMARTS) is 1. The van der Waals surface area contributed by atoms with Crippen LogP contribution in [-0.4, -0.2) is 16.1 Å². The highest BCUT2D eigenvalue weighted by atomic mass is 35.5. The Morgan fingerprint density at radius 1 is 1.82 bits per heavy atom. The summed E-state index contributed by atoms with van der Waals surface area (Å²) in [5.41, 5.74) is 0.377. The first-order valence-corrected chi connectivity index (χ1v) is 3.41. The number of aromatic carboxylic acids is 1. The van der Waals surface area contributed by atoms with E-state index >= 15 is 0 Å². The van der Waals surface area contributed by atoms with Gasteiger partial charge in [0.15, 0.2) is 0 Å². The number of oxazole rings is 1. The summed E-state index contributed by atoms with van der Waals surface area (Å²) in [6.07, 6.45) is 0.498. The highest BCUT2D eigenvalue weighted by Gasteiger charge is 2.16. The van der Waals surface area contributed by atoms with Gasteiger partial charge in [0, 0.05) is 0 Å². The second kappa shape index (κ2) is 2.92. The van der Waals surface area contributed by atoms with Crippen LogP contribution in [-0.2, 0) is 6.42 Å². The SMILES string of the molecule is CCc1nc(Cl)oc1C(=O)O. The Bertz CT molecular complexity index is 281. The van der Waals surface area contributed by atoms with Crippen molar-refractivity contribution < 1.29 is 14.3 Å². The molecule has 1 heterocycles. The molecule has 0 bridgehead atoms. The third-order valence-electron chi connectivity index (χ3n) is 1.20. The zero-order valence-corrected chi connectivity index (χ0v) is 6.55. The average Bonchev–Trinajstić information content (AvgIpc) is 2.30. The summed E-state index contributed by atoms with van der Waals surface area (Å²) in [6.45, 7) is 1.78. The lowest BCUT2D eigenvalue weighted by Gasteiger charge is -1.87. The van der Waals surface area contributed by atoms with Crippen LogP contribution < -0.4 is 0 Å². The molecule has 0 amide bonds. The number of hydrogen-bond donors (Lipinski definition) is 1. The van der Waals surface area contributed by atoms with Crippen LogP contribution >= 0.6 is 11.6 Å². The van der Waals surface area contributed by atoms with Crippen molar-refractivity contribution in [1.29, 1.82) is 0 Å². The van der Waals surface area contributed by atoms with Crippen molar-refractivity contribution in [2.75, 3.05) is 0 Å². The lowest BCUT2D eigenvalue weighted by atomic mass is 10.3. The van der Waals surface area contributed by atoms with E-state index in [9.17, 15) is 4.79 Å². The van der Waals surface area contributed by atoms with Gasteiger partial charge in [-0.2, -0.15) is 0 Å². The van der Waals surface area contributed by atoms with Gasteiger partial charge in [-0.25, -0.2) is 9.78 Å². The van der Waals surface area contributed by atoms with Crippen LogP contribution in [0.2, 0.25) is 5.35 Å². The van der Waals surface area contributed by atoms with Gasteiger partial charge in [-0.1, -0.05) is 6.92 Å². The molecule has 0 fully saturated rings. The van der Waals surface area contributed by atoms with E-state index in [1.807, 2.05) is 0 Å². The van der Waals surface area contributed by atoms with Crippen LogP contribution in [0.25, 0.3) is 0 Å². The topological polar surface area (TPSA) is 63.3 Å². The van der Waals surface area contributed by atoms with Gasteiger partial charge in [0.1, 0.15) is 0 Å². The first-order chi connectivity index (χ1) is 5.15. The number of aryl methyl sites for hydroxylation is 1. The molecule has 0 radical (unpaired) electrons. The Balaban J connectivity index is 3.12. The Labute approximate surface area is 67.8 Å². The molecule has 0 unspecified atom stereocenters. The maximum Gasteiger partial charge on any atom is 0.373 e. The molecular weight excluding hydrogens is 170 g/mol. The summed E-state index contributed by atoms with van der Waals surface area (Å²) in [7, 11) is 0. The van der Waals surface area contributed by atoms with Crippen molar-refractivity contribution in [1.82, 2.24) is 4.98 Å². The number of aromatic nitrogens is 1. The van der Waals surface area contributed by atoms with E-state index in [1.165, 1.54) is 0 Å². The monoisotopic (exact) mass is 175 g/mol. The summed E-state index contributed by atoms with van der Waals surface area (Å²) >= 11 is 5.35. The van der Waals surface area contributed by atoms with Crippen LogP contribution in [0.3, 0.4) is 0 Å². The minimum Gasteiger partial charge on any atom is -0.475 e. The lowest BCUT2D eigenvalue weighted by molar-refractivity contribution is 0.0661. The molecule has 1 aromatic heterocycles. The highest BCUT2D eigenvalue weighted by Crippen LogP contribution is 2.15. The van der Waals surface area contributed by atoms with Gasteiger partial charge >= 0.3 is 5.97 Å². The molecule has 0 atom stereocenters. The second-order valence-corrected chi connectivity index (χ2v) is 2.22. The molecule has 1 rings (SSSR count). The van der Waals surface area contributed by atoms with Crippen LogP contribution in [0.4, 0.5) is 0 Å². The molecule has 0 aromatic carbocycles. The Morgan fingerprint density at radius 2 is 2.45 bits per heavy atom. The van der Waals surface area contributed by atoms with E-state index in [0.717, 1.165) is 0 Å². The fourth-order valence-corrected chi connectivity index (χ4v) is 0.909. The highest BCUT2D eigenvalue weighted by molar-refractivity contribution is 6.27. The molecule has 0 aliphatic rings. The Morgan fingerprint density at radius 3 is 2.82 bits per heavy atom. The third kappa shape index (κ3) is 1.51. The fraction of sp³-hybridized carbons (Fsp3) is 0.333. The fourth-order valence-electron chi connectivity index (χ4n) is 0.730. The molecular formula is C6H6ClNO3. The summed E-state index contributed by atoms with van der Waals surface area (Å²) in [5, 5.41) is 8.39. The zero-order valence-electron chi connectivity index (χ0n) is 5.80. The van der Waals surface area contributed by atoms with Crippen molar-refractivity contribution in [3.63, 3.8) is 0 Å². The molecule has 60 valence electrons. The van der Waals surface area contributed by atoms with Crippen LogP contribution in [0.5, 0.6) is 0 Å². The van der Waals surface area contributed by atoms with Crippen molar-refractivity contribution in [3.05, 3.63) is 16.8 Å². The molecule has 5 heteroatoms. The second-order valence-electron chi connectivity index (χ2n) is 1.90. The first-order valence-electron chi connectivity index (χ1n) is 3.03. The van der Waals surface area contributed by atoms with Crippen LogP contribution in [0, 0.1) is 0 Å². The molecule has 0 saturated carbocycles. The third-order valence-corrected chi connectivity index (χ3v) is 1.36. The van der Waals surface area contributed by atoms with Gasteiger partial charge in [0.05, 0.1) is 5.69 Å². The predicted octanol–water partition coefficient (Wildman–Crippen LogP) is 1.59. The number of carbonyl (C=O) groups is 1.